The van der Waals surface area contributed by atoms with Crippen LogP contribution in [-0.4, -0.2) is 18.2 Å². The summed E-state index contributed by atoms with van der Waals surface area (Å²) in [6.45, 7) is 5.29. The maximum Gasteiger partial charge on any atom is 0.343 e. The van der Waals surface area contributed by atoms with Gasteiger partial charge in [0, 0.05) is 27.9 Å². The van der Waals surface area contributed by atoms with Crippen molar-refractivity contribution in [1.82, 2.24) is 0 Å². The lowest BCUT2D eigenvalue weighted by atomic mass is 10.1. The molecule has 0 aliphatic heterocycles. The lowest BCUT2D eigenvalue weighted by Crippen LogP contribution is -2.17. The van der Waals surface area contributed by atoms with Crippen molar-refractivity contribution in [3.63, 3.8) is 0 Å². The van der Waals surface area contributed by atoms with Crippen LogP contribution in [-0.2, 0) is 4.79 Å². The molecule has 3 aromatic carbocycles. The fourth-order valence-electron chi connectivity index (χ4n) is 2.69. The minimum atomic E-state index is -0.599. The lowest BCUT2D eigenvalue weighted by Gasteiger charge is -2.15. The van der Waals surface area contributed by atoms with Crippen molar-refractivity contribution < 1.29 is 19.1 Å². The second-order valence-corrected chi connectivity index (χ2v) is 8.26. The van der Waals surface area contributed by atoms with Gasteiger partial charge in [-0.2, -0.15) is 0 Å². The highest BCUT2D eigenvalue weighted by Gasteiger charge is 2.21. The van der Waals surface area contributed by atoms with E-state index in [2.05, 4.69) is 4.99 Å². The van der Waals surface area contributed by atoms with Crippen molar-refractivity contribution in [3.05, 3.63) is 87.4 Å². The molecule has 0 saturated carbocycles. The molecule has 0 aliphatic carbocycles. The standard InChI is InChI=1S/C25H21Cl2NO4/c1-15(2)24(29)32-23-18(14-28-21-9-7-19(26)8-10-21)12-20(27)13-22(23)31-25(30)17-6-4-5-16(3)11-17/h4-15H,1-3H3. The normalized spacial score (nSPS) is 11.1. The van der Waals surface area contributed by atoms with Gasteiger partial charge < -0.3 is 9.47 Å². The van der Waals surface area contributed by atoms with E-state index in [0.29, 0.717) is 26.9 Å². The molecule has 0 unspecified atom stereocenters. The highest BCUT2D eigenvalue weighted by Crippen LogP contribution is 2.36. The van der Waals surface area contributed by atoms with Gasteiger partial charge >= 0.3 is 11.9 Å². The van der Waals surface area contributed by atoms with Gasteiger partial charge in [-0.05, 0) is 49.4 Å². The Bertz CT molecular complexity index is 1170. The highest BCUT2D eigenvalue weighted by atomic mass is 35.5. The van der Waals surface area contributed by atoms with Crippen molar-refractivity contribution in [3.8, 4) is 11.5 Å². The maximum atomic E-state index is 12.7. The largest absolute Gasteiger partial charge is 0.422 e. The average molecular weight is 470 g/mol. The Labute approximate surface area is 196 Å². The zero-order valence-electron chi connectivity index (χ0n) is 17.8. The predicted octanol–water partition coefficient (Wildman–Crippen LogP) is 6.83. The number of aliphatic imine (C=N–C) groups is 1. The van der Waals surface area contributed by atoms with E-state index < -0.39 is 17.9 Å². The third-order valence-corrected chi connectivity index (χ3v) is 4.83. The number of ether oxygens (including phenoxy) is 2. The summed E-state index contributed by atoms with van der Waals surface area (Å²) in [5, 5.41) is 0.877. The fourth-order valence-corrected chi connectivity index (χ4v) is 3.03. The summed E-state index contributed by atoms with van der Waals surface area (Å²) in [5.41, 5.74) is 2.29. The summed E-state index contributed by atoms with van der Waals surface area (Å²) in [6, 6.07) is 16.9. The Morgan fingerprint density at radius 2 is 1.66 bits per heavy atom. The minimum absolute atomic E-state index is 0.0237. The molecule has 0 amide bonds. The highest BCUT2D eigenvalue weighted by molar-refractivity contribution is 6.31. The average Bonchev–Trinajstić information content (AvgIpc) is 2.75. The number of benzene rings is 3. The topological polar surface area (TPSA) is 65.0 Å². The summed E-state index contributed by atoms with van der Waals surface area (Å²) in [7, 11) is 0. The van der Waals surface area contributed by atoms with E-state index in [9.17, 15) is 9.59 Å². The van der Waals surface area contributed by atoms with Crippen molar-refractivity contribution >= 4 is 47.0 Å². The van der Waals surface area contributed by atoms with Gasteiger partial charge in [0.15, 0.2) is 11.5 Å². The Morgan fingerprint density at radius 3 is 2.31 bits per heavy atom. The number of esters is 2. The molecular weight excluding hydrogens is 449 g/mol. The molecule has 0 radical (unpaired) electrons. The number of aryl methyl sites for hydroxylation is 1. The van der Waals surface area contributed by atoms with Gasteiger partial charge in [0.1, 0.15) is 0 Å². The first-order valence-corrected chi connectivity index (χ1v) is 10.6. The lowest BCUT2D eigenvalue weighted by molar-refractivity contribution is -0.137. The summed E-state index contributed by atoms with van der Waals surface area (Å²) in [5.74, 6) is -1.39. The van der Waals surface area contributed by atoms with E-state index in [1.807, 2.05) is 13.0 Å². The van der Waals surface area contributed by atoms with Crippen LogP contribution in [0.25, 0.3) is 0 Å². The van der Waals surface area contributed by atoms with E-state index in [-0.39, 0.29) is 11.5 Å². The molecule has 5 nitrogen and oxygen atoms in total. The van der Waals surface area contributed by atoms with Gasteiger partial charge in [-0.15, -0.1) is 0 Å². The quantitative estimate of drug-likeness (QED) is 0.225. The van der Waals surface area contributed by atoms with Crippen molar-refractivity contribution in [1.29, 1.82) is 0 Å². The number of nitrogens with zero attached hydrogens (tertiary/aromatic N) is 1. The fraction of sp³-hybridized carbons (Fsp3) is 0.160. The van der Waals surface area contributed by atoms with Gasteiger partial charge in [0.2, 0.25) is 0 Å². The molecule has 0 fully saturated rings. The van der Waals surface area contributed by atoms with Crippen LogP contribution in [0.2, 0.25) is 10.0 Å². The molecule has 32 heavy (non-hydrogen) atoms. The first-order chi connectivity index (χ1) is 15.2. The van der Waals surface area contributed by atoms with Gasteiger partial charge in [0.05, 0.1) is 17.2 Å². The SMILES string of the molecule is Cc1cccc(C(=O)Oc2cc(Cl)cc(C=Nc3ccc(Cl)cc3)c2OC(=O)C(C)C)c1. The van der Waals surface area contributed by atoms with Crippen LogP contribution in [0, 0.1) is 12.8 Å². The predicted molar refractivity (Wildman–Crippen MR) is 127 cm³/mol. The van der Waals surface area contributed by atoms with Crippen LogP contribution in [0.5, 0.6) is 11.5 Å². The number of rotatable bonds is 6. The van der Waals surface area contributed by atoms with E-state index in [4.69, 9.17) is 32.7 Å². The minimum Gasteiger partial charge on any atom is -0.422 e. The third-order valence-electron chi connectivity index (χ3n) is 4.36. The number of carbonyl (C=O) groups excluding carboxylic acids is 2. The Balaban J connectivity index is 2.01. The van der Waals surface area contributed by atoms with Crippen LogP contribution < -0.4 is 9.47 Å². The second-order valence-electron chi connectivity index (χ2n) is 7.39. The summed E-state index contributed by atoms with van der Waals surface area (Å²) in [6.07, 6.45) is 1.49. The molecule has 3 rings (SSSR count). The van der Waals surface area contributed by atoms with Crippen LogP contribution in [0.1, 0.15) is 35.3 Å². The molecule has 0 atom stereocenters. The molecule has 0 saturated heterocycles. The van der Waals surface area contributed by atoms with Crippen molar-refractivity contribution in [2.45, 2.75) is 20.8 Å². The summed E-state index contributed by atoms with van der Waals surface area (Å²) < 4.78 is 11.2. The maximum absolute atomic E-state index is 12.7. The molecule has 0 aliphatic rings. The van der Waals surface area contributed by atoms with Crippen LogP contribution in [0.15, 0.2) is 65.7 Å². The molecule has 164 valence electrons. The smallest absolute Gasteiger partial charge is 0.343 e. The molecule has 0 heterocycles. The van der Waals surface area contributed by atoms with Gasteiger partial charge in [-0.1, -0.05) is 54.7 Å². The number of hydrogen-bond donors (Lipinski definition) is 0. The van der Waals surface area contributed by atoms with E-state index in [0.717, 1.165) is 5.56 Å². The Morgan fingerprint density at radius 1 is 0.938 bits per heavy atom. The molecule has 0 spiro atoms. The zero-order valence-corrected chi connectivity index (χ0v) is 19.3. The Hall–Kier alpha value is -3.15. The second kappa shape index (κ2) is 10.4. The van der Waals surface area contributed by atoms with E-state index in [1.165, 1.54) is 12.3 Å². The monoisotopic (exact) mass is 469 g/mol. The molecular formula is C25H21Cl2NO4. The first-order valence-electron chi connectivity index (χ1n) is 9.86. The van der Waals surface area contributed by atoms with E-state index in [1.54, 1.807) is 62.4 Å². The van der Waals surface area contributed by atoms with Gasteiger partial charge in [-0.25, -0.2) is 4.79 Å². The van der Waals surface area contributed by atoms with Crippen LogP contribution >= 0.6 is 23.2 Å². The molecule has 0 bridgehead atoms. The molecule has 7 heteroatoms. The number of hydrogen-bond acceptors (Lipinski definition) is 5. The molecule has 0 aromatic heterocycles. The number of carbonyl (C=O) groups is 2. The van der Waals surface area contributed by atoms with Gasteiger partial charge in [-0.3, -0.25) is 9.79 Å². The third kappa shape index (κ3) is 6.19. The van der Waals surface area contributed by atoms with E-state index >= 15 is 0 Å². The molecule has 3 aromatic rings. The summed E-state index contributed by atoms with van der Waals surface area (Å²) in [4.78, 5) is 29.5. The zero-order chi connectivity index (χ0) is 23.3. The van der Waals surface area contributed by atoms with Crippen molar-refractivity contribution in [2.24, 2.45) is 10.9 Å². The molecule has 0 N–H and O–H groups in total. The van der Waals surface area contributed by atoms with Gasteiger partial charge in [0.25, 0.3) is 0 Å². The van der Waals surface area contributed by atoms with Crippen molar-refractivity contribution in [2.75, 3.05) is 0 Å². The number of halogens is 2. The van der Waals surface area contributed by atoms with Crippen LogP contribution in [0.4, 0.5) is 5.69 Å². The van der Waals surface area contributed by atoms with Crippen LogP contribution in [0.3, 0.4) is 0 Å². The summed E-state index contributed by atoms with van der Waals surface area (Å²) >= 11 is 12.2. The Kier molecular flexibility index (Phi) is 7.67. The first kappa shape index (κ1) is 23.5.